The van der Waals surface area contributed by atoms with E-state index in [1.165, 1.54) is 17.1 Å². The molecule has 0 spiro atoms. The Morgan fingerprint density at radius 3 is 2.71 bits per heavy atom. The molecule has 17 heavy (non-hydrogen) atoms. The molecule has 0 saturated heterocycles. The van der Waals surface area contributed by atoms with Gasteiger partial charge in [0.2, 0.25) is 0 Å². The van der Waals surface area contributed by atoms with E-state index in [9.17, 15) is 13.2 Å². The zero-order valence-electron chi connectivity index (χ0n) is 8.64. The van der Waals surface area contributed by atoms with Crippen molar-refractivity contribution >= 4 is 0 Å². The Morgan fingerprint density at radius 2 is 2.12 bits per heavy atom. The van der Waals surface area contributed by atoms with Gasteiger partial charge in [0.25, 0.3) is 0 Å². The van der Waals surface area contributed by atoms with Gasteiger partial charge in [-0.1, -0.05) is 0 Å². The van der Waals surface area contributed by atoms with E-state index in [0.717, 1.165) is 12.3 Å². The zero-order valence-corrected chi connectivity index (χ0v) is 8.64. The molecule has 0 aliphatic carbocycles. The number of ether oxygens (including phenoxy) is 1. The number of aromatic nitrogens is 4. The monoisotopic (exact) mass is 244 g/mol. The summed E-state index contributed by atoms with van der Waals surface area (Å²) in [6.45, 7) is 0. The van der Waals surface area contributed by atoms with Gasteiger partial charge in [-0.15, -0.1) is 0 Å². The fraction of sp³-hybridized carbons (Fsp3) is 0.222. The molecule has 2 heterocycles. The van der Waals surface area contributed by atoms with Crippen LogP contribution in [-0.2, 0) is 13.2 Å². The van der Waals surface area contributed by atoms with Crippen molar-refractivity contribution in [1.29, 1.82) is 0 Å². The first kappa shape index (κ1) is 11.4. The Labute approximate surface area is 93.9 Å². The molecular formula is C9H7F3N4O. The molecule has 0 aromatic carbocycles. The average Bonchev–Trinajstić information content (AvgIpc) is 2.63. The number of aryl methyl sites for hydroxylation is 1. The molecule has 0 amide bonds. The Kier molecular flexibility index (Phi) is 2.70. The van der Waals surface area contributed by atoms with Crippen molar-refractivity contribution in [2.75, 3.05) is 0 Å². The summed E-state index contributed by atoms with van der Waals surface area (Å²) >= 11 is 0. The Hall–Kier alpha value is -2.12. The average molecular weight is 244 g/mol. The second kappa shape index (κ2) is 4.04. The highest BCUT2D eigenvalue weighted by Crippen LogP contribution is 2.28. The molecule has 0 atom stereocenters. The van der Waals surface area contributed by atoms with Gasteiger partial charge in [-0.2, -0.15) is 23.3 Å². The van der Waals surface area contributed by atoms with E-state index >= 15 is 0 Å². The third kappa shape index (κ3) is 2.71. The molecule has 0 aliphatic heterocycles. The molecule has 90 valence electrons. The van der Waals surface area contributed by atoms with Crippen molar-refractivity contribution in [2.24, 2.45) is 7.05 Å². The van der Waals surface area contributed by atoms with Crippen LogP contribution in [0.25, 0.3) is 0 Å². The van der Waals surface area contributed by atoms with Gasteiger partial charge in [-0.3, -0.25) is 4.68 Å². The van der Waals surface area contributed by atoms with Gasteiger partial charge < -0.3 is 4.74 Å². The molecule has 0 fully saturated rings. The van der Waals surface area contributed by atoms with Crippen LogP contribution >= 0.6 is 0 Å². The first-order valence-corrected chi connectivity index (χ1v) is 4.52. The third-order valence-electron chi connectivity index (χ3n) is 1.81. The van der Waals surface area contributed by atoms with Crippen molar-refractivity contribution < 1.29 is 17.9 Å². The van der Waals surface area contributed by atoms with Gasteiger partial charge in [0, 0.05) is 13.2 Å². The lowest BCUT2D eigenvalue weighted by molar-refractivity contribution is -0.141. The highest BCUT2D eigenvalue weighted by Gasteiger charge is 2.33. The van der Waals surface area contributed by atoms with Crippen LogP contribution in [0.15, 0.2) is 24.7 Å². The van der Waals surface area contributed by atoms with Crippen molar-refractivity contribution in [3.8, 4) is 11.8 Å². The SMILES string of the molecule is Cn1cc(Oc2nccc(C(F)(F)F)n2)cn1. The number of hydrogen-bond acceptors (Lipinski definition) is 4. The summed E-state index contributed by atoms with van der Waals surface area (Å²) in [6, 6.07) is 0.406. The van der Waals surface area contributed by atoms with Crippen LogP contribution in [0, 0.1) is 0 Å². The molecule has 5 nitrogen and oxygen atoms in total. The normalized spacial score (nSPS) is 11.5. The predicted molar refractivity (Wildman–Crippen MR) is 50.3 cm³/mol. The van der Waals surface area contributed by atoms with E-state index in [0.29, 0.717) is 0 Å². The Bertz CT molecular complexity index is 523. The number of alkyl halides is 3. The van der Waals surface area contributed by atoms with E-state index in [1.54, 1.807) is 7.05 Å². The molecule has 0 radical (unpaired) electrons. The largest absolute Gasteiger partial charge is 0.433 e. The molecule has 0 N–H and O–H groups in total. The lowest BCUT2D eigenvalue weighted by Crippen LogP contribution is -2.08. The minimum atomic E-state index is -4.52. The molecule has 0 bridgehead atoms. The minimum Gasteiger partial charge on any atom is -0.421 e. The van der Waals surface area contributed by atoms with E-state index in [-0.39, 0.29) is 11.8 Å². The first-order valence-electron chi connectivity index (χ1n) is 4.52. The van der Waals surface area contributed by atoms with Gasteiger partial charge in [-0.25, -0.2) is 4.98 Å². The summed E-state index contributed by atoms with van der Waals surface area (Å²) < 4.78 is 43.5. The zero-order chi connectivity index (χ0) is 12.5. The molecule has 2 rings (SSSR count). The van der Waals surface area contributed by atoms with Crippen LogP contribution in [0.5, 0.6) is 11.8 Å². The molecule has 0 saturated carbocycles. The topological polar surface area (TPSA) is 52.8 Å². The summed E-state index contributed by atoms with van der Waals surface area (Å²) in [5, 5.41) is 3.80. The van der Waals surface area contributed by atoms with Gasteiger partial charge in [0.15, 0.2) is 11.4 Å². The van der Waals surface area contributed by atoms with Crippen LogP contribution in [0.1, 0.15) is 5.69 Å². The number of halogens is 3. The molecule has 2 aromatic heterocycles. The highest BCUT2D eigenvalue weighted by atomic mass is 19.4. The summed E-state index contributed by atoms with van der Waals surface area (Å²) in [5.41, 5.74) is -1.05. The summed E-state index contributed by atoms with van der Waals surface area (Å²) in [4.78, 5) is 6.84. The minimum absolute atomic E-state index is 0.270. The lowest BCUT2D eigenvalue weighted by atomic mass is 10.4. The van der Waals surface area contributed by atoms with Gasteiger partial charge in [0.1, 0.15) is 0 Å². The van der Waals surface area contributed by atoms with Crippen LogP contribution in [0.3, 0.4) is 0 Å². The molecule has 0 unspecified atom stereocenters. The fourth-order valence-electron chi connectivity index (χ4n) is 1.10. The van der Waals surface area contributed by atoms with Crippen LogP contribution < -0.4 is 4.74 Å². The van der Waals surface area contributed by atoms with Crippen molar-refractivity contribution in [3.63, 3.8) is 0 Å². The molecule has 2 aromatic rings. The van der Waals surface area contributed by atoms with E-state index in [2.05, 4.69) is 15.1 Å². The maximum Gasteiger partial charge on any atom is 0.433 e. The third-order valence-corrected chi connectivity index (χ3v) is 1.81. The second-order valence-electron chi connectivity index (χ2n) is 3.17. The molecule has 0 aliphatic rings. The summed E-state index contributed by atoms with van der Waals surface area (Å²) in [5.74, 6) is 0.270. The smallest absolute Gasteiger partial charge is 0.421 e. The standard InChI is InChI=1S/C9H7F3N4O/c1-16-5-6(4-14-16)17-8-13-3-2-7(15-8)9(10,11)12/h2-5H,1H3. The molecular weight excluding hydrogens is 237 g/mol. The second-order valence-corrected chi connectivity index (χ2v) is 3.17. The van der Waals surface area contributed by atoms with Crippen molar-refractivity contribution in [3.05, 3.63) is 30.4 Å². The van der Waals surface area contributed by atoms with E-state index < -0.39 is 11.9 Å². The van der Waals surface area contributed by atoms with Gasteiger partial charge in [0.05, 0.1) is 12.4 Å². The van der Waals surface area contributed by atoms with E-state index in [1.807, 2.05) is 0 Å². The van der Waals surface area contributed by atoms with E-state index in [4.69, 9.17) is 4.74 Å². The summed E-state index contributed by atoms with van der Waals surface area (Å²) in [6.07, 6.45) is -0.690. The van der Waals surface area contributed by atoms with Gasteiger partial charge >= 0.3 is 12.2 Å². The first-order chi connectivity index (χ1) is 7.95. The van der Waals surface area contributed by atoms with Crippen LogP contribution in [-0.4, -0.2) is 19.7 Å². The molecule has 8 heteroatoms. The lowest BCUT2D eigenvalue weighted by Gasteiger charge is -2.06. The Balaban J connectivity index is 2.22. The quantitative estimate of drug-likeness (QED) is 0.811. The number of rotatable bonds is 2. The maximum atomic E-state index is 12.3. The van der Waals surface area contributed by atoms with Crippen molar-refractivity contribution in [2.45, 2.75) is 6.18 Å². The highest BCUT2D eigenvalue weighted by molar-refractivity contribution is 5.18. The number of hydrogen-bond donors (Lipinski definition) is 0. The van der Waals surface area contributed by atoms with Gasteiger partial charge in [-0.05, 0) is 6.07 Å². The fourth-order valence-corrected chi connectivity index (χ4v) is 1.10. The summed E-state index contributed by atoms with van der Waals surface area (Å²) in [7, 11) is 1.65. The number of nitrogens with zero attached hydrogens (tertiary/aromatic N) is 4. The predicted octanol–water partition coefficient (Wildman–Crippen LogP) is 2.02. The van der Waals surface area contributed by atoms with Crippen LogP contribution in [0.2, 0.25) is 0 Å². The van der Waals surface area contributed by atoms with Crippen molar-refractivity contribution in [1.82, 2.24) is 19.7 Å². The van der Waals surface area contributed by atoms with Crippen LogP contribution in [0.4, 0.5) is 13.2 Å². The Morgan fingerprint density at radius 1 is 1.35 bits per heavy atom. The maximum absolute atomic E-state index is 12.3.